The molecular weight excluding hydrogens is 196 g/mol. The minimum atomic E-state index is -1.08. The lowest BCUT2D eigenvalue weighted by atomic mass is 9.97. The Morgan fingerprint density at radius 3 is 1.93 bits per heavy atom. The first-order chi connectivity index (χ1) is 7.07. The molecule has 4 heteroatoms. The molecule has 0 aliphatic carbocycles. The lowest BCUT2D eigenvalue weighted by Gasteiger charge is -2.08. The molecule has 0 spiro atoms. The molecule has 0 saturated carbocycles. The summed E-state index contributed by atoms with van der Waals surface area (Å²) in [6.45, 7) is 1.88. The van der Waals surface area contributed by atoms with Crippen LogP contribution in [-0.4, -0.2) is 22.2 Å². The summed E-state index contributed by atoms with van der Waals surface area (Å²) in [4.78, 5) is 21.8. The second kappa shape index (κ2) is 4.59. The van der Waals surface area contributed by atoms with Crippen molar-refractivity contribution in [1.29, 1.82) is 0 Å². The maximum atomic E-state index is 10.9. The average molecular weight is 208 g/mol. The minimum absolute atomic E-state index is 0.0803. The van der Waals surface area contributed by atoms with Gasteiger partial charge in [-0.1, -0.05) is 19.4 Å². The van der Waals surface area contributed by atoms with Gasteiger partial charge < -0.3 is 10.2 Å². The molecule has 0 unspecified atom stereocenters. The van der Waals surface area contributed by atoms with Crippen molar-refractivity contribution in [2.24, 2.45) is 0 Å². The molecule has 0 fully saturated rings. The molecule has 0 aliphatic heterocycles. The fourth-order valence-electron chi connectivity index (χ4n) is 1.51. The van der Waals surface area contributed by atoms with Crippen molar-refractivity contribution >= 4 is 11.9 Å². The number of benzene rings is 1. The van der Waals surface area contributed by atoms with Crippen molar-refractivity contribution in [3.05, 3.63) is 34.9 Å². The predicted octanol–water partition coefficient (Wildman–Crippen LogP) is 2.04. The van der Waals surface area contributed by atoms with Crippen LogP contribution >= 0.6 is 0 Å². The van der Waals surface area contributed by atoms with E-state index in [1.54, 1.807) is 0 Å². The molecule has 1 rings (SSSR count). The highest BCUT2D eigenvalue weighted by Gasteiger charge is 2.16. The molecule has 2 N–H and O–H groups in total. The molecule has 1 aromatic rings. The standard InChI is InChI=1S/C11H12O4/c1-2-4-7-8(10(12)13)5-3-6-9(7)11(14)15/h3,5-6H,2,4H2,1H3,(H,12,13)(H,14,15). The summed E-state index contributed by atoms with van der Waals surface area (Å²) in [6.07, 6.45) is 1.18. The number of aromatic carboxylic acids is 2. The predicted molar refractivity (Wildman–Crippen MR) is 54.4 cm³/mol. The summed E-state index contributed by atoms with van der Waals surface area (Å²) in [5.41, 5.74) is 0.563. The van der Waals surface area contributed by atoms with Crippen molar-refractivity contribution < 1.29 is 19.8 Å². The largest absolute Gasteiger partial charge is 0.478 e. The molecule has 0 radical (unpaired) electrons. The number of carboxylic acids is 2. The molecular formula is C11H12O4. The second-order valence-electron chi connectivity index (χ2n) is 3.19. The van der Waals surface area contributed by atoms with E-state index in [2.05, 4.69) is 0 Å². The maximum absolute atomic E-state index is 10.9. The quantitative estimate of drug-likeness (QED) is 0.793. The SMILES string of the molecule is CCCc1c(C(=O)O)cccc1C(=O)O. The first kappa shape index (κ1) is 11.2. The van der Waals surface area contributed by atoms with Crippen molar-refractivity contribution in [1.82, 2.24) is 0 Å². The summed E-state index contributed by atoms with van der Waals surface area (Å²) in [7, 11) is 0. The fraction of sp³-hybridized carbons (Fsp3) is 0.273. The number of hydrogen-bond donors (Lipinski definition) is 2. The lowest BCUT2D eigenvalue weighted by molar-refractivity contribution is 0.0695. The van der Waals surface area contributed by atoms with Gasteiger partial charge >= 0.3 is 11.9 Å². The van der Waals surface area contributed by atoms with Gasteiger partial charge in [0.1, 0.15) is 0 Å². The van der Waals surface area contributed by atoms with E-state index in [1.165, 1.54) is 18.2 Å². The number of carboxylic acid groups (broad SMARTS) is 2. The third kappa shape index (κ3) is 2.34. The molecule has 0 heterocycles. The van der Waals surface area contributed by atoms with E-state index in [0.29, 0.717) is 18.4 Å². The van der Waals surface area contributed by atoms with Gasteiger partial charge in [0.15, 0.2) is 0 Å². The van der Waals surface area contributed by atoms with Gasteiger partial charge in [0.2, 0.25) is 0 Å². The zero-order valence-corrected chi connectivity index (χ0v) is 8.36. The van der Waals surface area contributed by atoms with Crippen LogP contribution in [0.15, 0.2) is 18.2 Å². The summed E-state index contributed by atoms with van der Waals surface area (Å²) in [6, 6.07) is 4.31. The van der Waals surface area contributed by atoms with Gasteiger partial charge in [-0.05, 0) is 24.1 Å². The van der Waals surface area contributed by atoms with E-state index in [9.17, 15) is 9.59 Å². The van der Waals surface area contributed by atoms with Crippen molar-refractivity contribution in [3.63, 3.8) is 0 Å². The van der Waals surface area contributed by atoms with E-state index in [-0.39, 0.29) is 11.1 Å². The number of hydrogen-bond acceptors (Lipinski definition) is 2. The third-order valence-electron chi connectivity index (χ3n) is 2.14. The Morgan fingerprint density at radius 2 is 1.60 bits per heavy atom. The lowest BCUT2D eigenvalue weighted by Crippen LogP contribution is -2.09. The van der Waals surface area contributed by atoms with Gasteiger partial charge in [0.05, 0.1) is 11.1 Å². The van der Waals surface area contributed by atoms with Crippen LogP contribution in [0.5, 0.6) is 0 Å². The Hall–Kier alpha value is -1.84. The normalized spacial score (nSPS) is 9.93. The molecule has 15 heavy (non-hydrogen) atoms. The van der Waals surface area contributed by atoms with Crippen LogP contribution in [0.4, 0.5) is 0 Å². The highest BCUT2D eigenvalue weighted by atomic mass is 16.4. The Balaban J connectivity index is 3.34. The summed E-state index contributed by atoms with van der Waals surface area (Å²) >= 11 is 0. The third-order valence-corrected chi connectivity index (χ3v) is 2.14. The Morgan fingerprint density at radius 1 is 1.13 bits per heavy atom. The van der Waals surface area contributed by atoms with E-state index >= 15 is 0 Å². The van der Waals surface area contributed by atoms with Crippen molar-refractivity contribution in [2.75, 3.05) is 0 Å². The monoisotopic (exact) mass is 208 g/mol. The maximum Gasteiger partial charge on any atom is 0.335 e. The number of carbonyl (C=O) groups is 2. The molecule has 0 atom stereocenters. The highest BCUT2D eigenvalue weighted by Crippen LogP contribution is 2.17. The summed E-state index contributed by atoms with van der Waals surface area (Å²) in [5, 5.41) is 17.8. The summed E-state index contributed by atoms with van der Waals surface area (Å²) in [5.74, 6) is -2.16. The van der Waals surface area contributed by atoms with Crippen LogP contribution in [-0.2, 0) is 6.42 Å². The van der Waals surface area contributed by atoms with Gasteiger partial charge in [0.25, 0.3) is 0 Å². The summed E-state index contributed by atoms with van der Waals surface area (Å²) < 4.78 is 0. The zero-order valence-electron chi connectivity index (χ0n) is 8.36. The van der Waals surface area contributed by atoms with Crippen LogP contribution in [0, 0.1) is 0 Å². The number of rotatable bonds is 4. The smallest absolute Gasteiger partial charge is 0.335 e. The first-order valence-corrected chi connectivity index (χ1v) is 4.66. The molecule has 0 saturated heterocycles. The van der Waals surface area contributed by atoms with Crippen LogP contribution in [0.1, 0.15) is 39.6 Å². The average Bonchev–Trinajstić information content (AvgIpc) is 2.17. The Kier molecular flexibility index (Phi) is 3.44. The van der Waals surface area contributed by atoms with Crippen LogP contribution < -0.4 is 0 Å². The Bertz CT molecular complexity index is 363. The van der Waals surface area contributed by atoms with Gasteiger partial charge in [0, 0.05) is 0 Å². The Labute approximate surface area is 87.2 Å². The van der Waals surface area contributed by atoms with Crippen LogP contribution in [0.25, 0.3) is 0 Å². The van der Waals surface area contributed by atoms with Crippen LogP contribution in [0.2, 0.25) is 0 Å². The molecule has 0 amide bonds. The van der Waals surface area contributed by atoms with Crippen molar-refractivity contribution in [2.45, 2.75) is 19.8 Å². The van der Waals surface area contributed by atoms with Gasteiger partial charge in [-0.3, -0.25) is 0 Å². The van der Waals surface area contributed by atoms with E-state index in [1.807, 2.05) is 6.92 Å². The molecule has 80 valence electrons. The van der Waals surface area contributed by atoms with Gasteiger partial charge in [-0.2, -0.15) is 0 Å². The fourth-order valence-corrected chi connectivity index (χ4v) is 1.51. The van der Waals surface area contributed by atoms with Gasteiger partial charge in [-0.25, -0.2) is 9.59 Å². The molecule has 0 aromatic heterocycles. The highest BCUT2D eigenvalue weighted by molar-refractivity contribution is 5.96. The molecule has 4 nitrogen and oxygen atoms in total. The van der Waals surface area contributed by atoms with E-state index < -0.39 is 11.9 Å². The first-order valence-electron chi connectivity index (χ1n) is 4.66. The molecule has 1 aromatic carbocycles. The molecule has 0 bridgehead atoms. The second-order valence-corrected chi connectivity index (χ2v) is 3.19. The molecule has 0 aliphatic rings. The van der Waals surface area contributed by atoms with E-state index in [0.717, 1.165) is 0 Å². The zero-order chi connectivity index (χ0) is 11.4. The van der Waals surface area contributed by atoms with E-state index in [4.69, 9.17) is 10.2 Å². The van der Waals surface area contributed by atoms with Gasteiger partial charge in [-0.15, -0.1) is 0 Å². The van der Waals surface area contributed by atoms with Crippen molar-refractivity contribution in [3.8, 4) is 0 Å². The topological polar surface area (TPSA) is 74.6 Å². The minimum Gasteiger partial charge on any atom is -0.478 e. The van der Waals surface area contributed by atoms with Crippen LogP contribution in [0.3, 0.4) is 0 Å².